The molecular weight excluding hydrogens is 210 g/mol. The maximum atomic E-state index is 4.42. The second-order valence-corrected chi connectivity index (χ2v) is 5.96. The van der Waals surface area contributed by atoms with Crippen molar-refractivity contribution in [2.24, 2.45) is 0 Å². The third-order valence-electron chi connectivity index (χ3n) is 5.11. The van der Waals surface area contributed by atoms with E-state index in [1.54, 1.807) is 23.5 Å². The summed E-state index contributed by atoms with van der Waals surface area (Å²) in [6.45, 7) is 2.46. The Bertz CT molecular complexity index is 624. The van der Waals surface area contributed by atoms with Gasteiger partial charge < -0.3 is 4.90 Å². The van der Waals surface area contributed by atoms with Crippen molar-refractivity contribution in [1.29, 1.82) is 0 Å². The van der Waals surface area contributed by atoms with E-state index < -0.39 is 0 Å². The van der Waals surface area contributed by atoms with Crippen LogP contribution in [-0.2, 0) is 10.8 Å². The number of fused-ring (bicyclic) bond motifs is 2. The second-order valence-electron chi connectivity index (χ2n) is 5.96. The zero-order valence-corrected chi connectivity index (χ0v) is 9.77. The number of aromatic nitrogens is 2. The minimum atomic E-state index is 0.489. The van der Waals surface area contributed by atoms with Gasteiger partial charge in [-0.25, -0.2) is 0 Å². The fraction of sp³-hybridized carbons (Fsp3) is 0.429. The highest BCUT2D eigenvalue weighted by Gasteiger charge is 2.80. The van der Waals surface area contributed by atoms with Gasteiger partial charge in [-0.15, -0.1) is 0 Å². The summed E-state index contributed by atoms with van der Waals surface area (Å²) in [6, 6.07) is 4.56. The number of hydrogen-bond donors (Lipinski definition) is 0. The standard InChI is InChI=1S/C14H13N3/c1-17-7-13-6-14(13,8-17)10-5-12-11(4-9(10)13)15-2-3-16-12/h2-5H,6-8H2,1H3. The van der Waals surface area contributed by atoms with Crippen LogP contribution in [0.4, 0.5) is 0 Å². The molecule has 2 fully saturated rings. The van der Waals surface area contributed by atoms with Crippen molar-refractivity contribution in [3.63, 3.8) is 0 Å². The first-order valence-electron chi connectivity index (χ1n) is 6.20. The molecule has 0 spiro atoms. The van der Waals surface area contributed by atoms with E-state index in [2.05, 4.69) is 34.0 Å². The molecule has 2 aromatic rings. The Kier molecular flexibility index (Phi) is 1.13. The lowest BCUT2D eigenvalue weighted by Crippen LogP contribution is -2.33. The van der Waals surface area contributed by atoms with Crippen LogP contribution in [0, 0.1) is 0 Å². The number of rotatable bonds is 0. The molecule has 1 aliphatic heterocycles. The van der Waals surface area contributed by atoms with Crippen LogP contribution in [0.3, 0.4) is 0 Å². The van der Waals surface area contributed by atoms with E-state index in [9.17, 15) is 0 Å². The van der Waals surface area contributed by atoms with Gasteiger partial charge in [-0.2, -0.15) is 0 Å². The first kappa shape index (κ1) is 8.59. The Balaban J connectivity index is 1.82. The molecule has 84 valence electrons. The molecule has 0 amide bonds. The van der Waals surface area contributed by atoms with E-state index in [1.807, 2.05) is 0 Å². The minimum Gasteiger partial charge on any atom is -0.305 e. The molecule has 0 radical (unpaired) electrons. The van der Waals surface area contributed by atoms with E-state index in [0.29, 0.717) is 10.8 Å². The van der Waals surface area contributed by atoms with Crippen LogP contribution >= 0.6 is 0 Å². The quantitative estimate of drug-likeness (QED) is 0.677. The summed E-state index contributed by atoms with van der Waals surface area (Å²) in [5.41, 5.74) is 6.18. The van der Waals surface area contributed by atoms with Gasteiger partial charge in [0, 0.05) is 36.3 Å². The fourth-order valence-electron chi connectivity index (χ4n) is 4.48. The molecular formula is C14H13N3. The number of benzene rings is 1. The van der Waals surface area contributed by atoms with Crippen LogP contribution in [0.1, 0.15) is 17.5 Å². The first-order valence-corrected chi connectivity index (χ1v) is 6.20. The van der Waals surface area contributed by atoms with Crippen molar-refractivity contribution in [1.82, 2.24) is 14.9 Å². The molecule has 0 N–H and O–H groups in total. The van der Waals surface area contributed by atoms with Gasteiger partial charge in [0.15, 0.2) is 0 Å². The van der Waals surface area contributed by atoms with Crippen LogP contribution in [0.15, 0.2) is 24.5 Å². The highest BCUT2D eigenvalue weighted by atomic mass is 15.2. The molecule has 2 heterocycles. The zero-order chi connectivity index (χ0) is 11.3. The van der Waals surface area contributed by atoms with E-state index in [1.165, 1.54) is 19.5 Å². The molecule has 1 aromatic carbocycles. The van der Waals surface area contributed by atoms with Gasteiger partial charge in [0.25, 0.3) is 0 Å². The summed E-state index contributed by atoms with van der Waals surface area (Å²) in [4.78, 5) is 11.3. The topological polar surface area (TPSA) is 29.0 Å². The molecule has 1 saturated heterocycles. The lowest BCUT2D eigenvalue weighted by Gasteiger charge is -2.32. The van der Waals surface area contributed by atoms with Crippen molar-refractivity contribution >= 4 is 11.0 Å². The Hall–Kier alpha value is -1.48. The Morgan fingerprint density at radius 2 is 1.53 bits per heavy atom. The summed E-state index contributed by atoms with van der Waals surface area (Å²) in [6.07, 6.45) is 4.92. The maximum absolute atomic E-state index is 4.42. The van der Waals surface area contributed by atoms with Crippen molar-refractivity contribution < 1.29 is 0 Å². The van der Waals surface area contributed by atoms with Crippen LogP contribution in [0.2, 0.25) is 0 Å². The van der Waals surface area contributed by atoms with Crippen molar-refractivity contribution in [3.8, 4) is 0 Å². The Morgan fingerprint density at radius 3 is 2.06 bits per heavy atom. The summed E-state index contributed by atoms with van der Waals surface area (Å²) in [5.74, 6) is 0. The molecule has 17 heavy (non-hydrogen) atoms. The summed E-state index contributed by atoms with van der Waals surface area (Å²) in [7, 11) is 2.23. The van der Waals surface area contributed by atoms with Crippen LogP contribution < -0.4 is 0 Å². The lowest BCUT2D eigenvalue weighted by molar-refractivity contribution is 0.364. The minimum absolute atomic E-state index is 0.489. The Labute approximate surface area is 99.5 Å². The van der Waals surface area contributed by atoms with Crippen molar-refractivity contribution in [3.05, 3.63) is 35.7 Å². The molecule has 2 unspecified atom stereocenters. The normalized spacial score (nSPS) is 37.2. The average Bonchev–Trinajstić information content (AvgIpc) is 2.81. The number of hydrogen-bond acceptors (Lipinski definition) is 3. The molecule has 3 aliphatic rings. The predicted molar refractivity (Wildman–Crippen MR) is 65.0 cm³/mol. The average molecular weight is 223 g/mol. The first-order chi connectivity index (χ1) is 8.25. The number of nitrogens with zero attached hydrogens (tertiary/aromatic N) is 3. The molecule has 1 saturated carbocycles. The predicted octanol–water partition coefficient (Wildman–Crippen LogP) is 1.47. The van der Waals surface area contributed by atoms with Gasteiger partial charge in [0.2, 0.25) is 0 Å². The van der Waals surface area contributed by atoms with Gasteiger partial charge in [-0.1, -0.05) is 0 Å². The third kappa shape index (κ3) is 0.712. The zero-order valence-electron chi connectivity index (χ0n) is 9.77. The molecule has 5 rings (SSSR count). The lowest BCUT2D eigenvalue weighted by atomic mass is 9.70. The third-order valence-corrected chi connectivity index (χ3v) is 5.11. The number of piperidine rings is 1. The summed E-state index contributed by atoms with van der Waals surface area (Å²) >= 11 is 0. The molecule has 2 atom stereocenters. The Morgan fingerprint density at radius 1 is 1.00 bits per heavy atom. The van der Waals surface area contributed by atoms with Gasteiger partial charge in [0.05, 0.1) is 11.0 Å². The van der Waals surface area contributed by atoms with Gasteiger partial charge in [-0.3, -0.25) is 9.97 Å². The van der Waals surface area contributed by atoms with Crippen LogP contribution in [-0.4, -0.2) is 35.0 Å². The molecule has 2 aliphatic carbocycles. The largest absolute Gasteiger partial charge is 0.305 e. The highest BCUT2D eigenvalue weighted by Crippen LogP contribution is 2.78. The van der Waals surface area contributed by atoms with Gasteiger partial charge in [0.1, 0.15) is 0 Å². The molecule has 3 nitrogen and oxygen atoms in total. The van der Waals surface area contributed by atoms with Crippen molar-refractivity contribution in [2.75, 3.05) is 20.1 Å². The van der Waals surface area contributed by atoms with Crippen LogP contribution in [0.25, 0.3) is 11.0 Å². The fourth-order valence-corrected chi connectivity index (χ4v) is 4.48. The summed E-state index contributed by atoms with van der Waals surface area (Å²) < 4.78 is 0. The number of likely N-dealkylation sites (N-methyl/N-ethyl adjacent to an activating group) is 1. The second kappa shape index (κ2) is 2.23. The molecule has 3 heteroatoms. The maximum Gasteiger partial charge on any atom is 0.0889 e. The van der Waals surface area contributed by atoms with E-state index in [-0.39, 0.29) is 0 Å². The van der Waals surface area contributed by atoms with E-state index in [4.69, 9.17) is 0 Å². The SMILES string of the molecule is CN1CC23CC2(C1)c1cc2nccnc2cc13. The molecule has 0 bridgehead atoms. The molecule has 1 aromatic heterocycles. The van der Waals surface area contributed by atoms with E-state index >= 15 is 0 Å². The van der Waals surface area contributed by atoms with Gasteiger partial charge in [-0.05, 0) is 36.7 Å². The van der Waals surface area contributed by atoms with Gasteiger partial charge >= 0.3 is 0 Å². The van der Waals surface area contributed by atoms with E-state index in [0.717, 1.165) is 11.0 Å². The number of likely N-dealkylation sites (tertiary alicyclic amines) is 1. The highest BCUT2D eigenvalue weighted by molar-refractivity contribution is 5.82. The smallest absolute Gasteiger partial charge is 0.0889 e. The van der Waals surface area contributed by atoms with Crippen LogP contribution in [0.5, 0.6) is 0 Å². The monoisotopic (exact) mass is 223 g/mol. The van der Waals surface area contributed by atoms with Crippen molar-refractivity contribution in [2.45, 2.75) is 17.3 Å². The summed E-state index contributed by atoms with van der Waals surface area (Å²) in [5, 5.41) is 0.